The monoisotopic (exact) mass is 736 g/mol. The normalized spacial score (nSPS) is 11.6. The molecule has 3 aromatic heterocycles. The number of phenolic OH excluding ortho intramolecular Hbond substituents is 5. The van der Waals surface area contributed by atoms with E-state index in [-0.39, 0.29) is 17.5 Å². The lowest BCUT2D eigenvalue weighted by atomic mass is 10.0. The molecule has 0 aliphatic rings. The molecule has 9 nitrogen and oxygen atoms in total. The van der Waals surface area contributed by atoms with Gasteiger partial charge >= 0.3 is 0 Å². The van der Waals surface area contributed by atoms with Gasteiger partial charge in [0.15, 0.2) is 29.0 Å². The number of fused-ring (bicyclic) bond motifs is 6. The molecule has 0 saturated heterocycles. The highest BCUT2D eigenvalue weighted by atomic mass is 32.1. The second-order valence-electron chi connectivity index (χ2n) is 13.2. The Morgan fingerprint density at radius 3 is 1.80 bits per heavy atom. The van der Waals surface area contributed by atoms with Gasteiger partial charge in [-0.05, 0) is 41.5 Å². The molecule has 3 heterocycles. The van der Waals surface area contributed by atoms with Crippen LogP contribution < -0.4 is 0 Å². The van der Waals surface area contributed by atoms with Crippen LogP contribution in [0.5, 0.6) is 28.7 Å². The van der Waals surface area contributed by atoms with Crippen molar-refractivity contribution in [3.05, 3.63) is 140 Å². The first kappa shape index (κ1) is 32.2. The second kappa shape index (κ2) is 12.3. The SMILES string of the molecule is Oc1c(O)c(O)c(-c2nc(-c3ccccc3)nc(-c3cccc4c3sc3cccc(-n5c6ccccc6c6ccc(-c7ccccc7)cc65)c34)n2)c(O)c1O. The van der Waals surface area contributed by atoms with Crippen LogP contribution in [0, 0.1) is 0 Å². The molecule has 0 saturated carbocycles. The first-order valence-corrected chi connectivity index (χ1v) is 18.2. The number of benzene rings is 7. The largest absolute Gasteiger partial charge is 0.504 e. The summed E-state index contributed by atoms with van der Waals surface area (Å²) in [5, 5.41) is 57.1. The summed E-state index contributed by atoms with van der Waals surface area (Å²) in [7, 11) is 0. The van der Waals surface area contributed by atoms with Crippen LogP contribution >= 0.6 is 11.3 Å². The van der Waals surface area contributed by atoms with Crippen molar-refractivity contribution in [1.29, 1.82) is 0 Å². The van der Waals surface area contributed by atoms with E-state index in [0.29, 0.717) is 11.1 Å². The fourth-order valence-electron chi connectivity index (χ4n) is 7.45. The summed E-state index contributed by atoms with van der Waals surface area (Å²) < 4.78 is 4.28. The Kier molecular flexibility index (Phi) is 7.23. The molecule has 7 aromatic carbocycles. The number of phenols is 5. The third-order valence-electron chi connectivity index (χ3n) is 10.0. The molecule has 0 unspecified atom stereocenters. The van der Waals surface area contributed by atoms with E-state index in [2.05, 4.69) is 88.4 Å². The van der Waals surface area contributed by atoms with E-state index in [4.69, 9.17) is 9.97 Å². The molecule has 0 atom stereocenters. The Bertz CT molecular complexity index is 3130. The van der Waals surface area contributed by atoms with Gasteiger partial charge in [-0.2, -0.15) is 0 Å². The Hall–Kier alpha value is -7.43. The third-order valence-corrected chi connectivity index (χ3v) is 11.2. The van der Waals surface area contributed by atoms with E-state index in [1.54, 1.807) is 11.3 Å². The van der Waals surface area contributed by atoms with E-state index in [1.165, 1.54) is 0 Å². The summed E-state index contributed by atoms with van der Waals surface area (Å²) in [5.41, 5.74) is 6.28. The molecule has 5 N–H and O–H groups in total. The summed E-state index contributed by atoms with van der Waals surface area (Å²) in [4.78, 5) is 14.1. The fraction of sp³-hybridized carbons (Fsp3) is 0. The quantitative estimate of drug-likeness (QED) is 0.0867. The molecule has 10 heteroatoms. The van der Waals surface area contributed by atoms with Crippen LogP contribution in [0.4, 0.5) is 0 Å². The lowest BCUT2D eigenvalue weighted by molar-refractivity contribution is 0.329. The third kappa shape index (κ3) is 4.96. The van der Waals surface area contributed by atoms with Gasteiger partial charge in [-0.3, -0.25) is 0 Å². The predicted octanol–water partition coefficient (Wildman–Crippen LogP) is 10.5. The van der Waals surface area contributed by atoms with Crippen LogP contribution in [0.25, 0.3) is 93.0 Å². The lowest BCUT2D eigenvalue weighted by Gasteiger charge is -2.13. The van der Waals surface area contributed by atoms with Gasteiger partial charge in [0.25, 0.3) is 0 Å². The highest BCUT2D eigenvalue weighted by Crippen LogP contribution is 2.54. The van der Waals surface area contributed by atoms with Gasteiger partial charge in [-0.15, -0.1) is 11.3 Å². The second-order valence-corrected chi connectivity index (χ2v) is 14.2. The van der Waals surface area contributed by atoms with Crippen molar-refractivity contribution in [3.8, 4) is 79.7 Å². The zero-order valence-corrected chi connectivity index (χ0v) is 29.5. The van der Waals surface area contributed by atoms with E-state index in [9.17, 15) is 25.5 Å². The number of rotatable bonds is 5. The maximum absolute atomic E-state index is 10.9. The van der Waals surface area contributed by atoms with Crippen LogP contribution in [0.1, 0.15) is 0 Å². The molecule has 0 spiro atoms. The molecule has 264 valence electrons. The molecule has 55 heavy (non-hydrogen) atoms. The molecule has 0 amide bonds. The minimum absolute atomic E-state index is 0.220. The van der Waals surface area contributed by atoms with Gasteiger partial charge in [0.1, 0.15) is 5.56 Å². The van der Waals surface area contributed by atoms with Crippen LogP contribution in [0.2, 0.25) is 0 Å². The number of hydrogen-bond donors (Lipinski definition) is 5. The van der Waals surface area contributed by atoms with Gasteiger partial charge in [0, 0.05) is 42.1 Å². The number of thiophene rings is 1. The number of aromatic nitrogens is 4. The van der Waals surface area contributed by atoms with Crippen molar-refractivity contribution in [2.45, 2.75) is 0 Å². The predicted molar refractivity (Wildman–Crippen MR) is 217 cm³/mol. The standard InChI is InChI=1S/C45H28N4O5S/c50-37-36(38(51)40(53)41(54)39(37)52)45-47-43(25-13-5-2-6-14-25)46-44(48-45)30-17-9-16-29-35-32(19-10-20-34(35)55-42(29)30)49-31-18-8-7-15-27(31)28-22-21-26(23-33(28)49)24-11-3-1-4-12-24/h1-23,50-54H. The first-order valence-electron chi connectivity index (χ1n) is 17.4. The van der Waals surface area contributed by atoms with Crippen molar-refractivity contribution < 1.29 is 25.5 Å². The van der Waals surface area contributed by atoms with Crippen LogP contribution in [0.15, 0.2) is 140 Å². The zero-order valence-electron chi connectivity index (χ0n) is 28.7. The summed E-state index contributed by atoms with van der Waals surface area (Å²) >= 11 is 1.60. The number of para-hydroxylation sites is 1. The number of nitrogens with zero attached hydrogens (tertiary/aromatic N) is 4. The van der Waals surface area contributed by atoms with Crippen LogP contribution in [-0.4, -0.2) is 45.1 Å². The fourth-order valence-corrected chi connectivity index (χ4v) is 8.69. The van der Waals surface area contributed by atoms with Gasteiger partial charge < -0.3 is 30.1 Å². The van der Waals surface area contributed by atoms with Crippen molar-refractivity contribution >= 4 is 53.3 Å². The topological polar surface area (TPSA) is 145 Å². The molecule has 0 fully saturated rings. The van der Waals surface area contributed by atoms with Gasteiger partial charge in [0.2, 0.25) is 17.2 Å². The summed E-state index contributed by atoms with van der Waals surface area (Å²) in [5.74, 6) is -4.65. The lowest BCUT2D eigenvalue weighted by Crippen LogP contribution is -2.01. The number of aromatic hydroxyl groups is 5. The average Bonchev–Trinajstić information content (AvgIpc) is 3.78. The van der Waals surface area contributed by atoms with E-state index < -0.39 is 34.3 Å². The summed E-state index contributed by atoms with van der Waals surface area (Å²) in [6.07, 6.45) is 0. The molecule has 10 rings (SSSR count). The number of hydrogen-bond acceptors (Lipinski definition) is 9. The average molecular weight is 737 g/mol. The molecule has 0 aliphatic heterocycles. The Balaban J connectivity index is 1.24. The van der Waals surface area contributed by atoms with Crippen molar-refractivity contribution in [1.82, 2.24) is 19.5 Å². The van der Waals surface area contributed by atoms with Gasteiger partial charge in [-0.25, -0.2) is 15.0 Å². The molecular formula is C45H28N4O5S. The Morgan fingerprint density at radius 1 is 0.436 bits per heavy atom. The first-order chi connectivity index (χ1) is 26.9. The summed E-state index contributed by atoms with van der Waals surface area (Å²) in [6, 6.07) is 46.8. The minimum Gasteiger partial charge on any atom is -0.504 e. The van der Waals surface area contributed by atoms with Gasteiger partial charge in [0.05, 0.1) is 16.7 Å². The highest BCUT2D eigenvalue weighted by molar-refractivity contribution is 7.26. The maximum atomic E-state index is 10.9. The molecule has 0 bridgehead atoms. The van der Waals surface area contributed by atoms with Crippen molar-refractivity contribution in [3.63, 3.8) is 0 Å². The van der Waals surface area contributed by atoms with Gasteiger partial charge in [-0.1, -0.05) is 109 Å². The zero-order chi connectivity index (χ0) is 37.4. The van der Waals surface area contributed by atoms with E-state index >= 15 is 0 Å². The molecule has 0 radical (unpaired) electrons. The molecule has 0 aliphatic carbocycles. The summed E-state index contributed by atoms with van der Waals surface area (Å²) in [6.45, 7) is 0. The van der Waals surface area contributed by atoms with Crippen molar-refractivity contribution in [2.24, 2.45) is 0 Å². The smallest absolute Gasteiger partial charge is 0.208 e. The molecular weight excluding hydrogens is 709 g/mol. The van der Waals surface area contributed by atoms with E-state index in [1.807, 2.05) is 60.7 Å². The maximum Gasteiger partial charge on any atom is 0.208 e. The van der Waals surface area contributed by atoms with Crippen molar-refractivity contribution in [2.75, 3.05) is 0 Å². The highest BCUT2D eigenvalue weighted by Gasteiger charge is 2.28. The Labute approximate surface area is 316 Å². The minimum atomic E-state index is -1.07. The van der Waals surface area contributed by atoms with Crippen LogP contribution in [0.3, 0.4) is 0 Å². The van der Waals surface area contributed by atoms with Crippen LogP contribution in [-0.2, 0) is 0 Å². The molecule has 10 aromatic rings. The van der Waals surface area contributed by atoms with E-state index in [0.717, 1.165) is 58.8 Å². The Morgan fingerprint density at radius 2 is 1.04 bits per heavy atom.